The van der Waals surface area contributed by atoms with Crippen LogP contribution in [0.1, 0.15) is 200 Å². The van der Waals surface area contributed by atoms with Crippen molar-refractivity contribution in [3.05, 3.63) is 36.5 Å². The highest BCUT2D eigenvalue weighted by Gasteiger charge is 2.51. The summed E-state index contributed by atoms with van der Waals surface area (Å²) < 4.78 is 22.9. The quantitative estimate of drug-likeness (QED) is 0.0160. The summed E-state index contributed by atoms with van der Waals surface area (Å²) >= 11 is 0. The van der Waals surface area contributed by atoms with Crippen molar-refractivity contribution < 1.29 is 59.0 Å². The van der Waals surface area contributed by atoms with Crippen molar-refractivity contribution in [1.29, 1.82) is 0 Å². The minimum absolute atomic E-state index is 0.258. The molecule has 364 valence electrons. The maximum Gasteiger partial charge on any atom is 0.472 e. The third-order valence-electron chi connectivity index (χ3n) is 11.7. The van der Waals surface area contributed by atoms with Gasteiger partial charge in [0.25, 0.3) is 0 Å². The Balaban J connectivity index is 2.51. The van der Waals surface area contributed by atoms with Crippen molar-refractivity contribution in [2.24, 2.45) is 0 Å². The molecule has 0 aromatic rings. The number of allylic oxidation sites excluding steroid dienone is 5. The van der Waals surface area contributed by atoms with Crippen molar-refractivity contribution in [3.63, 3.8) is 0 Å². The molecule has 0 aromatic heterocycles. The van der Waals surface area contributed by atoms with Gasteiger partial charge < -0.3 is 46.0 Å². The third kappa shape index (κ3) is 29.1. The zero-order valence-corrected chi connectivity index (χ0v) is 39.4. The molecule has 8 atom stereocenters. The molecule has 0 saturated heterocycles. The summed E-state index contributed by atoms with van der Waals surface area (Å²) in [6, 6.07) is -1.26. The summed E-state index contributed by atoms with van der Waals surface area (Å²) in [5.41, 5.74) is 0. The lowest BCUT2D eigenvalue weighted by molar-refractivity contribution is -0.220. The number of amides is 1. The summed E-state index contributed by atoms with van der Waals surface area (Å²) in [5, 5.41) is 74.5. The van der Waals surface area contributed by atoms with Gasteiger partial charge in [-0.1, -0.05) is 172 Å². The van der Waals surface area contributed by atoms with Crippen LogP contribution in [0.25, 0.3) is 0 Å². The molecule has 0 aromatic carbocycles. The summed E-state index contributed by atoms with van der Waals surface area (Å²) in [7, 11) is -5.15. The van der Waals surface area contributed by atoms with Crippen molar-refractivity contribution >= 4 is 13.7 Å². The monoisotopic (exact) mass is 904 g/mol. The lowest BCUT2D eigenvalue weighted by atomic mass is 9.85. The molecule has 14 heteroatoms. The van der Waals surface area contributed by atoms with E-state index in [4.69, 9.17) is 9.05 Å². The van der Waals surface area contributed by atoms with Crippen LogP contribution in [-0.2, 0) is 18.4 Å². The molecule has 0 radical (unpaired) electrons. The van der Waals surface area contributed by atoms with Gasteiger partial charge in [0, 0.05) is 0 Å². The average Bonchev–Trinajstić information content (AvgIpc) is 3.24. The predicted octanol–water partition coefficient (Wildman–Crippen LogP) is 8.53. The molecule has 62 heavy (non-hydrogen) atoms. The zero-order valence-electron chi connectivity index (χ0n) is 38.5. The molecule has 0 spiro atoms. The third-order valence-corrected chi connectivity index (χ3v) is 12.7. The molecule has 0 aliphatic heterocycles. The number of phosphoric acid groups is 1. The topological polar surface area (TPSA) is 226 Å². The molecular weight excluding hydrogens is 813 g/mol. The van der Waals surface area contributed by atoms with Crippen LogP contribution in [-0.4, -0.2) is 108 Å². The zero-order chi connectivity index (χ0) is 45.9. The van der Waals surface area contributed by atoms with E-state index in [0.717, 1.165) is 64.2 Å². The highest BCUT2D eigenvalue weighted by atomic mass is 31.2. The minimum Gasteiger partial charge on any atom is -0.393 e. The molecule has 0 heterocycles. The van der Waals surface area contributed by atoms with Gasteiger partial charge in [0.15, 0.2) is 0 Å². The number of aliphatic hydroxyl groups is 7. The Morgan fingerprint density at radius 2 is 0.952 bits per heavy atom. The largest absolute Gasteiger partial charge is 0.472 e. The minimum atomic E-state index is -5.15. The SMILES string of the molecule is CCCCCCCCC/C=C/CC/C=C/C(O)C(COP(=O)(O)OC1C(O)C(O)C(O)C(O)C1O)NC(=O)CC(O)CCCCCCC/C=C\CCCCCCCCCCCC. The van der Waals surface area contributed by atoms with Gasteiger partial charge in [0.1, 0.15) is 36.6 Å². The first-order chi connectivity index (χ1) is 29.8. The Morgan fingerprint density at radius 1 is 0.565 bits per heavy atom. The first-order valence-electron chi connectivity index (χ1n) is 24.5. The highest BCUT2D eigenvalue weighted by Crippen LogP contribution is 2.47. The second kappa shape index (κ2) is 37.7. The number of carbonyl (C=O) groups is 1. The average molecular weight is 904 g/mol. The van der Waals surface area contributed by atoms with Gasteiger partial charge >= 0.3 is 7.82 Å². The van der Waals surface area contributed by atoms with Crippen LogP contribution in [0, 0.1) is 0 Å². The predicted molar refractivity (Wildman–Crippen MR) is 247 cm³/mol. The molecule has 0 bridgehead atoms. The van der Waals surface area contributed by atoms with Crippen LogP contribution in [0.15, 0.2) is 36.5 Å². The Labute approximate surface area is 375 Å². The maximum absolute atomic E-state index is 13.0. The number of aliphatic hydroxyl groups excluding tert-OH is 7. The van der Waals surface area contributed by atoms with Crippen LogP contribution in [0.3, 0.4) is 0 Å². The Kier molecular flexibility index (Phi) is 35.6. The van der Waals surface area contributed by atoms with E-state index in [1.165, 1.54) is 109 Å². The van der Waals surface area contributed by atoms with Crippen LogP contribution in [0.2, 0.25) is 0 Å². The summed E-state index contributed by atoms with van der Waals surface area (Å²) in [6.07, 6.45) is 29.5. The number of carbonyl (C=O) groups excluding carboxylic acids is 1. The Bertz CT molecular complexity index is 1200. The van der Waals surface area contributed by atoms with Crippen molar-refractivity contribution in [1.82, 2.24) is 5.32 Å². The maximum atomic E-state index is 13.0. The van der Waals surface area contributed by atoms with Gasteiger partial charge in [-0.2, -0.15) is 0 Å². The van der Waals surface area contributed by atoms with E-state index in [1.807, 2.05) is 0 Å². The lowest BCUT2D eigenvalue weighted by Gasteiger charge is -2.41. The smallest absolute Gasteiger partial charge is 0.393 e. The molecular formula is C48H90NO12P. The van der Waals surface area contributed by atoms with Crippen LogP contribution in [0.4, 0.5) is 0 Å². The standard InChI is InChI=1S/C48H90NO12P/c1-3-5-7-9-11-13-15-17-18-19-20-21-22-24-25-27-29-31-33-35-39(50)37-42(52)49-40(41(51)36-34-32-30-28-26-23-16-14-12-10-8-6-4-2)38-60-62(58,59)61-48-46(56)44(54)43(53)45(55)47(48)57/h21-22,26,28,34,36,39-41,43-48,50-51,53-57H,3-20,23-25,27,29-33,35,37-38H2,1-2H3,(H,49,52)(H,58,59)/b22-21-,28-26+,36-34+. The van der Waals surface area contributed by atoms with E-state index < -0.39 is 75.2 Å². The second-order valence-corrected chi connectivity index (χ2v) is 18.9. The molecule has 1 fully saturated rings. The van der Waals surface area contributed by atoms with E-state index in [0.29, 0.717) is 12.8 Å². The van der Waals surface area contributed by atoms with Crippen LogP contribution in [0.5, 0.6) is 0 Å². The van der Waals surface area contributed by atoms with Crippen LogP contribution < -0.4 is 5.32 Å². The van der Waals surface area contributed by atoms with E-state index in [-0.39, 0.29) is 6.42 Å². The Morgan fingerprint density at radius 3 is 1.42 bits per heavy atom. The first kappa shape index (κ1) is 58.5. The molecule has 8 unspecified atom stereocenters. The number of hydrogen-bond acceptors (Lipinski definition) is 11. The lowest BCUT2D eigenvalue weighted by Crippen LogP contribution is -2.64. The second-order valence-electron chi connectivity index (χ2n) is 17.5. The summed E-state index contributed by atoms with van der Waals surface area (Å²) in [5.74, 6) is -0.608. The molecule has 1 saturated carbocycles. The van der Waals surface area contributed by atoms with Crippen LogP contribution >= 0.6 is 7.82 Å². The van der Waals surface area contributed by atoms with E-state index in [2.05, 4.69) is 43.5 Å². The number of nitrogens with one attached hydrogen (secondary N) is 1. The Hall–Kier alpha value is -1.48. The molecule has 1 amide bonds. The van der Waals surface area contributed by atoms with E-state index in [9.17, 15) is 50.0 Å². The molecule has 13 nitrogen and oxygen atoms in total. The fourth-order valence-corrected chi connectivity index (χ4v) is 8.63. The van der Waals surface area contributed by atoms with Gasteiger partial charge in [0.05, 0.1) is 31.3 Å². The van der Waals surface area contributed by atoms with Crippen molar-refractivity contribution in [2.75, 3.05) is 6.61 Å². The highest BCUT2D eigenvalue weighted by molar-refractivity contribution is 7.47. The molecule has 1 aliphatic carbocycles. The fraction of sp³-hybridized carbons (Fsp3) is 0.854. The normalized spacial score (nSPS) is 23.3. The van der Waals surface area contributed by atoms with Gasteiger partial charge in [0.2, 0.25) is 5.91 Å². The van der Waals surface area contributed by atoms with Crippen molar-refractivity contribution in [3.8, 4) is 0 Å². The number of phosphoric ester groups is 1. The van der Waals surface area contributed by atoms with Gasteiger partial charge in [-0.15, -0.1) is 0 Å². The van der Waals surface area contributed by atoms with Gasteiger partial charge in [-0.25, -0.2) is 4.57 Å². The molecule has 9 N–H and O–H groups in total. The van der Waals surface area contributed by atoms with Gasteiger partial charge in [-0.3, -0.25) is 13.8 Å². The van der Waals surface area contributed by atoms with Gasteiger partial charge in [-0.05, 0) is 57.8 Å². The van der Waals surface area contributed by atoms with E-state index in [1.54, 1.807) is 6.08 Å². The molecule has 1 rings (SSSR count). The fourth-order valence-electron chi connectivity index (χ4n) is 7.66. The number of unbranched alkanes of at least 4 members (excludes halogenated alkanes) is 23. The van der Waals surface area contributed by atoms with E-state index >= 15 is 0 Å². The number of hydrogen-bond donors (Lipinski definition) is 9. The molecule has 1 aliphatic rings. The van der Waals surface area contributed by atoms with Crippen molar-refractivity contribution in [2.45, 2.75) is 255 Å². The number of rotatable bonds is 40. The summed E-state index contributed by atoms with van der Waals surface area (Å²) in [6.45, 7) is 3.72. The summed E-state index contributed by atoms with van der Waals surface area (Å²) in [4.78, 5) is 23.4. The first-order valence-corrected chi connectivity index (χ1v) is 26.0.